The summed E-state index contributed by atoms with van der Waals surface area (Å²) in [4.78, 5) is 11.4. The molecule has 0 saturated carbocycles. The highest BCUT2D eigenvalue weighted by atomic mass is 16.5. The summed E-state index contributed by atoms with van der Waals surface area (Å²) in [5.41, 5.74) is 4.88. The topological polar surface area (TPSA) is 84.6 Å². The number of nitrogens with one attached hydrogen (secondary N) is 1. The molecule has 0 bridgehead atoms. The zero-order valence-corrected chi connectivity index (χ0v) is 7.75. The molecule has 1 amide bonds. The lowest BCUT2D eigenvalue weighted by molar-refractivity contribution is -0.126. The van der Waals surface area contributed by atoms with Crippen LogP contribution < -0.4 is 11.1 Å². The Labute approximate surface area is 77.2 Å². The summed E-state index contributed by atoms with van der Waals surface area (Å²) in [6.45, 7) is 2.63. The standard InChI is InChI=1S/C8H16N2O3/c1-6(11)4-10-7(12)8(9)2-3-13-5-8/h6,11H,2-5,9H2,1H3,(H,10,12). The van der Waals surface area contributed by atoms with Crippen molar-refractivity contribution in [3.05, 3.63) is 0 Å². The highest BCUT2D eigenvalue weighted by Gasteiger charge is 2.37. The minimum Gasteiger partial charge on any atom is -0.392 e. The van der Waals surface area contributed by atoms with Crippen LogP contribution in [0.4, 0.5) is 0 Å². The highest BCUT2D eigenvalue weighted by molar-refractivity contribution is 5.86. The van der Waals surface area contributed by atoms with Crippen molar-refractivity contribution in [1.29, 1.82) is 0 Å². The molecule has 1 aliphatic heterocycles. The lowest BCUT2D eigenvalue weighted by atomic mass is 9.99. The van der Waals surface area contributed by atoms with Crippen molar-refractivity contribution in [2.45, 2.75) is 25.0 Å². The lowest BCUT2D eigenvalue weighted by Crippen LogP contribution is -2.55. The molecule has 2 atom stereocenters. The molecule has 1 rings (SSSR count). The Morgan fingerprint density at radius 2 is 2.54 bits per heavy atom. The van der Waals surface area contributed by atoms with Crippen molar-refractivity contribution in [2.24, 2.45) is 5.73 Å². The first kappa shape index (κ1) is 10.4. The van der Waals surface area contributed by atoms with E-state index in [2.05, 4.69) is 5.32 Å². The summed E-state index contributed by atoms with van der Waals surface area (Å²) < 4.78 is 5.04. The van der Waals surface area contributed by atoms with E-state index in [9.17, 15) is 4.79 Å². The van der Waals surface area contributed by atoms with Crippen LogP contribution in [-0.2, 0) is 9.53 Å². The fourth-order valence-electron chi connectivity index (χ4n) is 1.18. The molecule has 0 aromatic rings. The molecule has 0 aromatic carbocycles. The third-order valence-corrected chi connectivity index (χ3v) is 2.06. The Morgan fingerprint density at radius 1 is 1.85 bits per heavy atom. The Hall–Kier alpha value is -0.650. The van der Waals surface area contributed by atoms with E-state index in [0.717, 1.165) is 0 Å². The molecule has 5 heteroatoms. The summed E-state index contributed by atoms with van der Waals surface area (Å²) in [7, 11) is 0. The number of hydrogen-bond donors (Lipinski definition) is 3. The van der Waals surface area contributed by atoms with Crippen molar-refractivity contribution in [3.63, 3.8) is 0 Å². The van der Waals surface area contributed by atoms with Crippen LogP contribution in [0.15, 0.2) is 0 Å². The average Bonchev–Trinajstić information content (AvgIpc) is 2.49. The fourth-order valence-corrected chi connectivity index (χ4v) is 1.18. The molecule has 76 valence electrons. The zero-order valence-electron chi connectivity index (χ0n) is 7.75. The third kappa shape index (κ3) is 2.65. The van der Waals surface area contributed by atoms with Crippen LogP contribution >= 0.6 is 0 Å². The van der Waals surface area contributed by atoms with Crippen molar-refractivity contribution < 1.29 is 14.6 Å². The Kier molecular flexibility index (Phi) is 3.24. The van der Waals surface area contributed by atoms with Gasteiger partial charge in [0.25, 0.3) is 0 Å². The van der Waals surface area contributed by atoms with Gasteiger partial charge < -0.3 is 20.9 Å². The molecule has 1 heterocycles. The molecule has 2 unspecified atom stereocenters. The van der Waals surface area contributed by atoms with E-state index in [4.69, 9.17) is 15.6 Å². The number of ether oxygens (including phenoxy) is 1. The summed E-state index contributed by atoms with van der Waals surface area (Å²) in [5, 5.41) is 11.5. The number of rotatable bonds is 3. The minimum atomic E-state index is -0.894. The van der Waals surface area contributed by atoms with Crippen LogP contribution in [0.25, 0.3) is 0 Å². The van der Waals surface area contributed by atoms with Gasteiger partial charge in [-0.2, -0.15) is 0 Å². The van der Waals surface area contributed by atoms with Crippen molar-refractivity contribution in [1.82, 2.24) is 5.32 Å². The van der Waals surface area contributed by atoms with Gasteiger partial charge in [-0.05, 0) is 13.3 Å². The van der Waals surface area contributed by atoms with Gasteiger partial charge in [-0.3, -0.25) is 4.79 Å². The van der Waals surface area contributed by atoms with E-state index in [-0.39, 0.29) is 19.1 Å². The van der Waals surface area contributed by atoms with Crippen molar-refractivity contribution in [2.75, 3.05) is 19.8 Å². The van der Waals surface area contributed by atoms with Crippen LogP contribution in [0.1, 0.15) is 13.3 Å². The molecule has 0 aromatic heterocycles. The second kappa shape index (κ2) is 4.04. The molecular formula is C8H16N2O3. The molecule has 5 nitrogen and oxygen atoms in total. The molecule has 1 aliphatic rings. The molecule has 4 N–H and O–H groups in total. The van der Waals surface area contributed by atoms with Gasteiger partial charge in [-0.1, -0.05) is 0 Å². The summed E-state index contributed by atoms with van der Waals surface area (Å²) in [6.07, 6.45) is -0.00610. The van der Waals surface area contributed by atoms with Gasteiger partial charge in [-0.25, -0.2) is 0 Å². The van der Waals surface area contributed by atoms with Gasteiger partial charge in [0.1, 0.15) is 5.54 Å². The van der Waals surface area contributed by atoms with Gasteiger partial charge in [0.2, 0.25) is 5.91 Å². The largest absolute Gasteiger partial charge is 0.392 e. The number of amides is 1. The quantitative estimate of drug-likeness (QED) is 0.508. The van der Waals surface area contributed by atoms with Gasteiger partial charge in [0, 0.05) is 13.2 Å². The first-order valence-electron chi connectivity index (χ1n) is 4.37. The number of carbonyl (C=O) groups excluding carboxylic acids is 1. The van der Waals surface area contributed by atoms with E-state index in [1.807, 2.05) is 0 Å². The maximum atomic E-state index is 11.4. The second-order valence-corrected chi connectivity index (χ2v) is 3.52. The van der Waals surface area contributed by atoms with Crippen LogP contribution in [0.5, 0.6) is 0 Å². The molecule has 0 radical (unpaired) electrons. The Balaban J connectivity index is 2.38. The number of nitrogens with two attached hydrogens (primary N) is 1. The molecule has 13 heavy (non-hydrogen) atoms. The van der Waals surface area contributed by atoms with Crippen LogP contribution in [0.2, 0.25) is 0 Å². The lowest BCUT2D eigenvalue weighted by Gasteiger charge is -2.20. The normalized spacial score (nSPS) is 30.1. The number of aliphatic hydroxyl groups is 1. The van der Waals surface area contributed by atoms with E-state index in [1.54, 1.807) is 6.92 Å². The Bertz CT molecular complexity index is 188. The fraction of sp³-hybridized carbons (Fsp3) is 0.875. The van der Waals surface area contributed by atoms with Crippen LogP contribution in [-0.4, -0.2) is 42.4 Å². The van der Waals surface area contributed by atoms with Gasteiger partial charge in [0.05, 0.1) is 12.7 Å². The predicted molar refractivity (Wildman–Crippen MR) is 47.0 cm³/mol. The predicted octanol–water partition coefficient (Wildman–Crippen LogP) is -1.40. The molecule has 0 aliphatic carbocycles. The number of hydrogen-bond acceptors (Lipinski definition) is 4. The van der Waals surface area contributed by atoms with Gasteiger partial charge in [0.15, 0.2) is 0 Å². The van der Waals surface area contributed by atoms with E-state index in [0.29, 0.717) is 13.0 Å². The third-order valence-electron chi connectivity index (χ3n) is 2.06. The smallest absolute Gasteiger partial charge is 0.242 e. The van der Waals surface area contributed by atoms with E-state index >= 15 is 0 Å². The zero-order chi connectivity index (χ0) is 9.90. The second-order valence-electron chi connectivity index (χ2n) is 3.52. The molecule has 1 fully saturated rings. The summed E-state index contributed by atoms with van der Waals surface area (Å²) >= 11 is 0. The number of carbonyl (C=O) groups is 1. The maximum Gasteiger partial charge on any atom is 0.242 e. The van der Waals surface area contributed by atoms with Crippen molar-refractivity contribution >= 4 is 5.91 Å². The molecule has 1 saturated heterocycles. The average molecular weight is 188 g/mol. The van der Waals surface area contributed by atoms with E-state index < -0.39 is 11.6 Å². The maximum absolute atomic E-state index is 11.4. The van der Waals surface area contributed by atoms with Crippen LogP contribution in [0.3, 0.4) is 0 Å². The molecular weight excluding hydrogens is 172 g/mol. The SMILES string of the molecule is CC(O)CNC(=O)C1(N)CCOC1. The van der Waals surface area contributed by atoms with Crippen LogP contribution in [0, 0.1) is 0 Å². The monoisotopic (exact) mass is 188 g/mol. The first-order chi connectivity index (χ1) is 6.04. The Morgan fingerprint density at radius 3 is 3.00 bits per heavy atom. The first-order valence-corrected chi connectivity index (χ1v) is 4.37. The van der Waals surface area contributed by atoms with Gasteiger partial charge in [-0.15, -0.1) is 0 Å². The molecule has 0 spiro atoms. The number of aliphatic hydroxyl groups excluding tert-OH is 1. The van der Waals surface area contributed by atoms with Crippen molar-refractivity contribution in [3.8, 4) is 0 Å². The van der Waals surface area contributed by atoms with E-state index in [1.165, 1.54) is 0 Å². The highest BCUT2D eigenvalue weighted by Crippen LogP contribution is 2.15. The minimum absolute atomic E-state index is 0.234. The summed E-state index contributed by atoms with van der Waals surface area (Å²) in [5.74, 6) is -0.245. The van der Waals surface area contributed by atoms with Gasteiger partial charge >= 0.3 is 0 Å². The summed E-state index contributed by atoms with van der Waals surface area (Å²) in [6, 6.07) is 0.